The molecule has 0 aromatic rings. The Labute approximate surface area is 112 Å². The minimum Gasteiger partial charge on any atom is -0.323 e. The van der Waals surface area contributed by atoms with Crippen LogP contribution in [-0.4, -0.2) is 29.1 Å². The minimum absolute atomic E-state index is 0.0154. The number of amides is 1. The van der Waals surface area contributed by atoms with E-state index in [1.807, 2.05) is 6.92 Å². The number of rotatable bonds is 7. The molecule has 1 aliphatic rings. The van der Waals surface area contributed by atoms with Crippen molar-refractivity contribution in [3.63, 3.8) is 0 Å². The number of hydrogen-bond acceptors (Lipinski definition) is 2. The summed E-state index contributed by atoms with van der Waals surface area (Å²) in [6.45, 7) is 10.8. The smallest absolute Gasteiger partial charge is 0.240 e. The fourth-order valence-electron chi connectivity index (χ4n) is 2.88. The van der Waals surface area contributed by atoms with Crippen molar-refractivity contribution in [2.75, 3.05) is 0 Å². The van der Waals surface area contributed by atoms with Crippen molar-refractivity contribution in [2.24, 2.45) is 5.92 Å². The number of carbonyl (C=O) groups excluding carboxylic acids is 1. The van der Waals surface area contributed by atoms with Crippen LogP contribution in [0.5, 0.6) is 0 Å². The maximum Gasteiger partial charge on any atom is 0.240 e. The average Bonchev–Trinajstić information content (AvgIpc) is 2.62. The molecule has 1 heterocycles. The van der Waals surface area contributed by atoms with Crippen molar-refractivity contribution in [1.82, 2.24) is 10.2 Å². The second-order valence-corrected chi connectivity index (χ2v) is 5.91. The quantitative estimate of drug-likeness (QED) is 0.757. The largest absolute Gasteiger partial charge is 0.323 e. The zero-order valence-electron chi connectivity index (χ0n) is 12.7. The Balaban J connectivity index is 2.80. The van der Waals surface area contributed by atoms with Gasteiger partial charge in [-0.2, -0.15) is 0 Å². The van der Waals surface area contributed by atoms with Gasteiger partial charge in [-0.15, -0.1) is 0 Å². The first-order valence-electron chi connectivity index (χ1n) is 7.61. The topological polar surface area (TPSA) is 32.3 Å². The predicted molar refractivity (Wildman–Crippen MR) is 76.3 cm³/mol. The van der Waals surface area contributed by atoms with Gasteiger partial charge in [0.2, 0.25) is 5.91 Å². The lowest BCUT2D eigenvalue weighted by molar-refractivity contribution is -0.133. The number of carbonyl (C=O) groups is 1. The fourth-order valence-corrected chi connectivity index (χ4v) is 2.88. The molecule has 1 N–H and O–H groups in total. The van der Waals surface area contributed by atoms with Crippen molar-refractivity contribution >= 4 is 5.91 Å². The van der Waals surface area contributed by atoms with E-state index < -0.39 is 0 Å². The Morgan fingerprint density at radius 3 is 2.39 bits per heavy atom. The molecule has 3 heteroatoms. The van der Waals surface area contributed by atoms with E-state index in [1.165, 1.54) is 12.8 Å². The summed E-state index contributed by atoms with van der Waals surface area (Å²) >= 11 is 0. The first-order valence-corrected chi connectivity index (χ1v) is 7.61. The van der Waals surface area contributed by atoms with Gasteiger partial charge in [-0.25, -0.2) is 0 Å². The maximum atomic E-state index is 12.4. The third-order valence-corrected chi connectivity index (χ3v) is 3.88. The first kappa shape index (κ1) is 15.5. The standard InChI is InChI=1S/C15H30N2O/c1-6-8-10-13(9-7-2)17-14(11(3)4)16-12(5)15(17)18/h11-14,16H,6-10H2,1-5H3. The summed E-state index contributed by atoms with van der Waals surface area (Å²) in [4.78, 5) is 14.5. The Kier molecular flexibility index (Phi) is 6.13. The summed E-state index contributed by atoms with van der Waals surface area (Å²) in [6.07, 6.45) is 6.07. The number of nitrogens with zero attached hydrogens (tertiary/aromatic N) is 1. The molecule has 0 radical (unpaired) electrons. The van der Waals surface area contributed by atoms with Gasteiger partial charge in [-0.3, -0.25) is 10.1 Å². The van der Waals surface area contributed by atoms with Crippen molar-refractivity contribution in [2.45, 2.75) is 85.0 Å². The van der Waals surface area contributed by atoms with Crippen LogP contribution in [0.1, 0.15) is 66.7 Å². The molecule has 0 aliphatic carbocycles. The molecule has 1 amide bonds. The predicted octanol–water partition coefficient (Wildman–Crippen LogP) is 3.15. The molecule has 106 valence electrons. The Bertz CT molecular complexity index is 265. The molecule has 1 saturated heterocycles. The van der Waals surface area contributed by atoms with E-state index in [-0.39, 0.29) is 12.2 Å². The van der Waals surface area contributed by atoms with Crippen LogP contribution in [-0.2, 0) is 4.79 Å². The minimum atomic E-state index is -0.0154. The molecular formula is C15H30N2O. The molecular weight excluding hydrogens is 224 g/mol. The van der Waals surface area contributed by atoms with Gasteiger partial charge in [0, 0.05) is 6.04 Å². The summed E-state index contributed by atoms with van der Waals surface area (Å²) in [5.74, 6) is 0.767. The number of hydrogen-bond donors (Lipinski definition) is 1. The van der Waals surface area contributed by atoms with Crippen LogP contribution in [0.2, 0.25) is 0 Å². The van der Waals surface area contributed by atoms with E-state index >= 15 is 0 Å². The molecule has 1 aliphatic heterocycles. The number of unbranched alkanes of at least 4 members (excludes halogenated alkanes) is 1. The molecule has 3 nitrogen and oxygen atoms in total. The van der Waals surface area contributed by atoms with Gasteiger partial charge in [0.25, 0.3) is 0 Å². The summed E-state index contributed by atoms with van der Waals surface area (Å²) in [6, 6.07) is 0.408. The lowest BCUT2D eigenvalue weighted by atomic mass is 10.0. The molecule has 18 heavy (non-hydrogen) atoms. The van der Waals surface area contributed by atoms with Gasteiger partial charge < -0.3 is 4.90 Å². The Morgan fingerprint density at radius 2 is 1.89 bits per heavy atom. The highest BCUT2D eigenvalue weighted by Crippen LogP contribution is 2.25. The van der Waals surface area contributed by atoms with E-state index in [0.717, 1.165) is 19.3 Å². The molecule has 1 fully saturated rings. The van der Waals surface area contributed by atoms with Gasteiger partial charge in [0.05, 0.1) is 12.2 Å². The lowest BCUT2D eigenvalue weighted by Crippen LogP contribution is -2.47. The first-order chi connectivity index (χ1) is 8.52. The highest BCUT2D eigenvalue weighted by Gasteiger charge is 2.40. The van der Waals surface area contributed by atoms with E-state index in [2.05, 4.69) is 37.9 Å². The summed E-state index contributed by atoms with van der Waals surface area (Å²) in [5, 5.41) is 3.44. The molecule has 0 aromatic heterocycles. The molecule has 0 spiro atoms. The Hall–Kier alpha value is -0.570. The second-order valence-electron chi connectivity index (χ2n) is 5.91. The second kappa shape index (κ2) is 7.13. The molecule has 3 unspecified atom stereocenters. The van der Waals surface area contributed by atoms with Gasteiger partial charge in [0.15, 0.2) is 0 Å². The van der Waals surface area contributed by atoms with Crippen LogP contribution in [0.3, 0.4) is 0 Å². The van der Waals surface area contributed by atoms with Gasteiger partial charge in [-0.1, -0.05) is 47.0 Å². The highest BCUT2D eigenvalue weighted by atomic mass is 16.2. The third-order valence-electron chi connectivity index (χ3n) is 3.88. The normalized spacial score (nSPS) is 26.1. The summed E-state index contributed by atoms with van der Waals surface area (Å²) in [7, 11) is 0. The van der Waals surface area contributed by atoms with Crippen LogP contribution in [0.15, 0.2) is 0 Å². The molecule has 0 aromatic carbocycles. The van der Waals surface area contributed by atoms with Crippen LogP contribution in [0, 0.1) is 5.92 Å². The van der Waals surface area contributed by atoms with Crippen LogP contribution in [0.4, 0.5) is 0 Å². The average molecular weight is 254 g/mol. The van der Waals surface area contributed by atoms with Crippen LogP contribution in [0.25, 0.3) is 0 Å². The van der Waals surface area contributed by atoms with Crippen LogP contribution >= 0.6 is 0 Å². The van der Waals surface area contributed by atoms with Crippen molar-refractivity contribution in [3.05, 3.63) is 0 Å². The van der Waals surface area contributed by atoms with E-state index in [0.29, 0.717) is 17.9 Å². The zero-order chi connectivity index (χ0) is 13.7. The van der Waals surface area contributed by atoms with Crippen molar-refractivity contribution < 1.29 is 4.79 Å². The monoisotopic (exact) mass is 254 g/mol. The Morgan fingerprint density at radius 1 is 1.22 bits per heavy atom. The van der Waals surface area contributed by atoms with Crippen molar-refractivity contribution in [1.29, 1.82) is 0 Å². The van der Waals surface area contributed by atoms with Gasteiger partial charge in [-0.05, 0) is 25.7 Å². The third kappa shape index (κ3) is 3.47. The van der Waals surface area contributed by atoms with Crippen molar-refractivity contribution in [3.8, 4) is 0 Å². The van der Waals surface area contributed by atoms with Gasteiger partial charge >= 0.3 is 0 Å². The molecule has 1 rings (SSSR count). The zero-order valence-corrected chi connectivity index (χ0v) is 12.7. The fraction of sp³-hybridized carbons (Fsp3) is 0.933. The summed E-state index contributed by atoms with van der Waals surface area (Å²) in [5.41, 5.74) is 0. The highest BCUT2D eigenvalue weighted by molar-refractivity contribution is 5.84. The molecule has 3 atom stereocenters. The van der Waals surface area contributed by atoms with Gasteiger partial charge in [0.1, 0.15) is 0 Å². The maximum absolute atomic E-state index is 12.4. The summed E-state index contributed by atoms with van der Waals surface area (Å²) < 4.78 is 0. The van der Waals surface area contributed by atoms with E-state index in [4.69, 9.17) is 0 Å². The molecule has 0 saturated carbocycles. The molecule has 0 bridgehead atoms. The lowest BCUT2D eigenvalue weighted by Gasteiger charge is -2.35. The van der Waals surface area contributed by atoms with Crippen LogP contribution < -0.4 is 5.32 Å². The number of nitrogens with one attached hydrogen (secondary N) is 1. The SMILES string of the molecule is CCCCC(CCC)N1C(=O)C(C)NC1C(C)C. The van der Waals surface area contributed by atoms with E-state index in [9.17, 15) is 4.79 Å². The van der Waals surface area contributed by atoms with E-state index in [1.54, 1.807) is 0 Å².